The maximum Gasteiger partial charge on any atom is 1.00 e. The van der Waals surface area contributed by atoms with Gasteiger partial charge < -0.3 is 14.5 Å². The largest absolute Gasteiger partial charge is 1.00 e. The normalized spacial score (nSPS) is 3.43. The molecule has 0 heterocycles. The Labute approximate surface area is 174 Å². The summed E-state index contributed by atoms with van der Waals surface area (Å²) in [6.45, 7) is 0. The van der Waals surface area contributed by atoms with Crippen molar-refractivity contribution in [2.75, 3.05) is 0 Å². The summed E-state index contributed by atoms with van der Waals surface area (Å²) in [4.78, 5) is 8.56. The minimum Gasteiger partial charge on any atom is -1.00 e. The molecule has 0 fully saturated rings. The van der Waals surface area contributed by atoms with Crippen LogP contribution in [0.3, 0.4) is 0 Å². The summed E-state index contributed by atoms with van der Waals surface area (Å²) < 4.78 is 0. The number of carboxylic acid groups (broad SMARTS) is 2. The van der Waals surface area contributed by atoms with Crippen LogP contribution < -0.4 is 154 Å². The fourth-order valence-electron chi connectivity index (χ4n) is 0. The maximum absolute atomic E-state index is 8.56. The molecule has 0 aromatic rings. The van der Waals surface area contributed by atoms with E-state index >= 15 is 0 Å². The predicted molar refractivity (Wildman–Crippen MR) is 14.0 cm³/mol. The molecule has 2 N–H and O–H groups in total. The van der Waals surface area contributed by atoms with E-state index in [9.17, 15) is 0 Å². The summed E-state index contributed by atoms with van der Waals surface area (Å²) in [5.74, 6) is 0. The van der Waals surface area contributed by atoms with Gasteiger partial charge >= 0.3 is 160 Å². The molecule has 0 saturated carbocycles. The van der Waals surface area contributed by atoms with Crippen LogP contribution in [-0.4, -0.2) is 16.4 Å². The van der Waals surface area contributed by atoms with Crippen LogP contribution in [0.25, 0.3) is 0 Å². The van der Waals surface area contributed by atoms with Crippen molar-refractivity contribution in [2.24, 2.45) is 0 Å². The van der Waals surface area contributed by atoms with Gasteiger partial charge in [-0.2, -0.15) is 0 Å². The molecule has 0 spiro atoms. The van der Waals surface area contributed by atoms with Crippen molar-refractivity contribution in [1.82, 2.24) is 0 Å². The van der Waals surface area contributed by atoms with Gasteiger partial charge in [0.15, 0.2) is 0 Å². The second kappa shape index (κ2) is 16.6. The minimum absolute atomic E-state index is 0. The van der Waals surface area contributed by atoms with E-state index in [0.29, 0.717) is 0 Å². The fourth-order valence-corrected chi connectivity index (χ4v) is 0. The first kappa shape index (κ1) is 22.5. The molecule has 7 heavy (non-hydrogen) atoms. The fraction of sp³-hybridized carbons (Fsp3) is 0. The zero-order valence-electron chi connectivity index (χ0n) is 7.80. The van der Waals surface area contributed by atoms with Gasteiger partial charge in [0.25, 0.3) is 0 Å². The monoisotopic (exact) mass is 182 g/mol. The first-order valence-corrected chi connectivity index (χ1v) is 0.651. The maximum atomic E-state index is 8.56. The van der Waals surface area contributed by atoms with Crippen molar-refractivity contribution >= 4 is 6.16 Å². The van der Waals surface area contributed by atoms with Crippen LogP contribution in [0.15, 0.2) is 0 Å². The van der Waals surface area contributed by atoms with Crippen molar-refractivity contribution in [3.63, 3.8) is 0 Å². The number of hydrogen-bond donors (Lipinski definition) is 2. The molecule has 0 aliphatic carbocycles. The minimum atomic E-state index is -1.83. The topological polar surface area (TPSA) is 57.5 Å². The van der Waals surface area contributed by atoms with E-state index in [1.807, 2.05) is 0 Å². The number of hydrogen-bond acceptors (Lipinski definition) is 1. The molecule has 0 radical (unpaired) electrons. The van der Waals surface area contributed by atoms with Crippen LogP contribution in [-0.2, 0) is 0 Å². The van der Waals surface area contributed by atoms with Crippen molar-refractivity contribution in [3.8, 4) is 0 Å². The molecule has 0 aromatic carbocycles. The smallest absolute Gasteiger partial charge is 1.00 e. The Kier molecular flexibility index (Phi) is 53.4. The Morgan fingerprint density at radius 2 is 1.14 bits per heavy atom. The van der Waals surface area contributed by atoms with Gasteiger partial charge in [0.2, 0.25) is 0 Å². The van der Waals surface area contributed by atoms with Gasteiger partial charge in [-0.15, -0.1) is 0 Å². The van der Waals surface area contributed by atoms with Crippen molar-refractivity contribution in [3.05, 3.63) is 0 Å². The molecule has 0 aliphatic rings. The van der Waals surface area contributed by atoms with E-state index < -0.39 is 6.16 Å². The second-order valence-electron chi connectivity index (χ2n) is 0.283. The van der Waals surface area contributed by atoms with Crippen LogP contribution in [0, 0.1) is 0 Å². The second-order valence-corrected chi connectivity index (χ2v) is 0.283. The van der Waals surface area contributed by atoms with Gasteiger partial charge in [-0.3, -0.25) is 0 Å². The molecular weight excluding hydrogens is 177 g/mol. The summed E-state index contributed by atoms with van der Waals surface area (Å²) in [5, 5.41) is 13.9. The van der Waals surface area contributed by atoms with E-state index in [2.05, 4.69) is 0 Å². The summed E-state index contributed by atoms with van der Waals surface area (Å²) >= 11 is 0. The van der Waals surface area contributed by atoms with E-state index in [0.717, 1.165) is 0 Å². The van der Waals surface area contributed by atoms with Crippen LogP contribution in [0.4, 0.5) is 4.79 Å². The summed E-state index contributed by atoms with van der Waals surface area (Å²) in [6, 6.07) is 0. The molecular formula is CH5K3O3. The summed E-state index contributed by atoms with van der Waals surface area (Å²) in [7, 11) is 0. The van der Waals surface area contributed by atoms with Crippen LogP contribution >= 0.6 is 0 Å². The Hall–Kier alpha value is 4.18. The molecule has 0 bridgehead atoms. The van der Waals surface area contributed by atoms with E-state index in [1.54, 1.807) is 0 Å². The Bertz CT molecular complexity index is 42.0. The zero-order chi connectivity index (χ0) is 3.58. The van der Waals surface area contributed by atoms with E-state index in [4.69, 9.17) is 15.0 Å². The molecule has 3 nitrogen and oxygen atoms in total. The molecule has 0 rings (SSSR count). The molecule has 0 amide bonds. The Morgan fingerprint density at radius 3 is 1.14 bits per heavy atom. The third-order valence-electron chi connectivity index (χ3n) is 0. The third kappa shape index (κ3) is 39.0. The van der Waals surface area contributed by atoms with Gasteiger partial charge in [0.05, 0.1) is 0 Å². The number of carbonyl (C=O) groups is 1. The molecule has 6 heteroatoms. The standard InChI is InChI=1S/CH2O3.3K.3H/c2-1(3)4;;;;;;/h(H2,2,3,4);;;;;;/q;3*+1;3*-1. The van der Waals surface area contributed by atoms with Crippen molar-refractivity contribution in [2.45, 2.75) is 0 Å². The molecule has 0 aromatic heterocycles. The first-order chi connectivity index (χ1) is 1.73. The molecule has 0 saturated heterocycles. The van der Waals surface area contributed by atoms with Crippen LogP contribution in [0.1, 0.15) is 4.28 Å². The van der Waals surface area contributed by atoms with E-state index in [-0.39, 0.29) is 158 Å². The third-order valence-corrected chi connectivity index (χ3v) is 0. The van der Waals surface area contributed by atoms with Gasteiger partial charge in [0.1, 0.15) is 0 Å². The predicted octanol–water partition coefficient (Wildman–Crippen LogP) is -8.43. The Balaban J connectivity index is -0.00000000300. The average Bonchev–Trinajstić information content (AvgIpc) is 0.811. The van der Waals surface area contributed by atoms with Gasteiger partial charge in [-0.05, 0) is 0 Å². The number of rotatable bonds is 0. The molecule has 0 atom stereocenters. The first-order valence-electron chi connectivity index (χ1n) is 0.651. The molecule has 0 unspecified atom stereocenters. The van der Waals surface area contributed by atoms with E-state index in [1.165, 1.54) is 0 Å². The molecule has 30 valence electrons. The van der Waals surface area contributed by atoms with Crippen LogP contribution in [0.5, 0.6) is 0 Å². The SMILES string of the molecule is O=C(O)O.[H-].[H-].[H-].[K+].[K+].[K+]. The average molecular weight is 182 g/mol. The molecule has 0 aliphatic heterocycles. The van der Waals surface area contributed by atoms with Gasteiger partial charge in [0, 0.05) is 0 Å². The summed E-state index contributed by atoms with van der Waals surface area (Å²) in [5.41, 5.74) is 0. The zero-order valence-corrected chi connectivity index (χ0v) is 14.2. The Morgan fingerprint density at radius 1 is 1.14 bits per heavy atom. The van der Waals surface area contributed by atoms with Crippen molar-refractivity contribution in [1.29, 1.82) is 0 Å². The van der Waals surface area contributed by atoms with Crippen LogP contribution in [0.2, 0.25) is 0 Å². The quantitative estimate of drug-likeness (QED) is 0.366. The summed E-state index contributed by atoms with van der Waals surface area (Å²) in [6.07, 6.45) is -1.83. The van der Waals surface area contributed by atoms with Crippen molar-refractivity contribution < 1.29 is 173 Å². The van der Waals surface area contributed by atoms with Gasteiger partial charge in [-0.1, -0.05) is 0 Å². The van der Waals surface area contributed by atoms with Gasteiger partial charge in [-0.25, -0.2) is 4.79 Å².